The van der Waals surface area contributed by atoms with Crippen molar-refractivity contribution in [2.75, 3.05) is 6.16 Å². The van der Waals surface area contributed by atoms with Gasteiger partial charge in [0.25, 0.3) is 0 Å². The van der Waals surface area contributed by atoms with Crippen molar-refractivity contribution in [2.24, 2.45) is 0 Å². The Morgan fingerprint density at radius 3 is 1.94 bits per heavy atom. The Bertz CT molecular complexity index is 1830. The molecule has 0 spiro atoms. The van der Waals surface area contributed by atoms with Gasteiger partial charge in [-0.25, -0.2) is 0 Å². The molecule has 4 heteroatoms. The summed E-state index contributed by atoms with van der Waals surface area (Å²) in [7, 11) is -6.27. The van der Waals surface area contributed by atoms with E-state index in [0.717, 1.165) is 59.6 Å². The molecule has 2 heterocycles. The third-order valence-electron chi connectivity index (χ3n) is 7.72. The Morgan fingerprint density at radius 1 is 0.583 bits per heavy atom. The molecule has 0 saturated carbocycles. The summed E-state index contributed by atoms with van der Waals surface area (Å²) in [6.07, 6.45) is 0.517. The van der Waals surface area contributed by atoms with Gasteiger partial charge in [0.2, 0.25) is 0 Å². The molecule has 2 atom stereocenters. The molecule has 5 aromatic rings. The molecule has 0 amide bonds. The monoisotopic (exact) mass is 502 g/mol. The van der Waals surface area contributed by atoms with Crippen molar-refractivity contribution in [3.8, 4) is 0 Å². The first kappa shape index (κ1) is 21.8. The van der Waals surface area contributed by atoms with Gasteiger partial charge in [-0.05, 0) is 28.0 Å². The zero-order valence-electron chi connectivity index (χ0n) is 19.9. The van der Waals surface area contributed by atoms with Gasteiger partial charge in [-0.15, -0.1) is 0 Å². The lowest BCUT2D eigenvalue weighted by atomic mass is 9.94. The minimum atomic E-state index is -3.29. The first-order valence-electron chi connectivity index (χ1n) is 12.3. The summed E-state index contributed by atoms with van der Waals surface area (Å²) in [5, 5.41) is 6.26. The van der Waals surface area contributed by atoms with Gasteiger partial charge < -0.3 is 9.13 Å². The smallest absolute Gasteiger partial charge is 0.172 e. The van der Waals surface area contributed by atoms with Crippen LogP contribution in [0.5, 0.6) is 0 Å². The first-order chi connectivity index (χ1) is 17.6. The second kappa shape index (κ2) is 7.78. The molecule has 0 radical (unpaired) electrons. The Hall–Kier alpha value is -3.44. The average Bonchev–Trinajstić information content (AvgIpc) is 3.15. The number of fused-ring (bicyclic) bond motifs is 8. The molecule has 0 fully saturated rings. The molecule has 0 aromatic heterocycles. The number of rotatable bonds is 2. The number of hydrogen-bond donors (Lipinski definition) is 0. The van der Waals surface area contributed by atoms with Gasteiger partial charge in [-0.2, -0.15) is 0 Å². The maximum atomic E-state index is 15.7. The fraction of sp³-hybridized carbons (Fsp3) is 0.0625. The summed E-state index contributed by atoms with van der Waals surface area (Å²) >= 11 is 0. The Balaban J connectivity index is 1.77. The average molecular weight is 502 g/mol. The topological polar surface area (TPSA) is 34.1 Å². The van der Waals surface area contributed by atoms with Gasteiger partial charge in [0.15, 0.2) is 7.14 Å². The fourth-order valence-corrected chi connectivity index (χ4v) is 12.3. The van der Waals surface area contributed by atoms with Crippen molar-refractivity contribution in [3.63, 3.8) is 0 Å². The largest absolute Gasteiger partial charge is 0.314 e. The second-order valence-corrected chi connectivity index (χ2v) is 15.2. The van der Waals surface area contributed by atoms with Crippen LogP contribution in [0.15, 0.2) is 115 Å². The summed E-state index contributed by atoms with van der Waals surface area (Å²) < 4.78 is 30.8. The molecular formula is C32H24O2P2. The van der Waals surface area contributed by atoms with E-state index in [1.807, 2.05) is 91.9 Å². The van der Waals surface area contributed by atoms with E-state index < -0.39 is 14.3 Å². The minimum Gasteiger partial charge on any atom is -0.314 e. The molecular weight excluding hydrogens is 478 g/mol. The lowest BCUT2D eigenvalue weighted by Gasteiger charge is -2.25. The molecule has 174 valence electrons. The second-order valence-electron chi connectivity index (χ2n) is 9.44. The Kier molecular flexibility index (Phi) is 4.71. The van der Waals surface area contributed by atoms with E-state index in [2.05, 4.69) is 30.3 Å². The van der Waals surface area contributed by atoms with Crippen molar-refractivity contribution in [3.05, 3.63) is 132 Å². The highest BCUT2D eigenvalue weighted by Crippen LogP contribution is 2.68. The standard InChI is InChI=1S/C32H24O2P2/c1-2-35(33)27-18-10-8-16-25(27)30-26-17-9-11-19-28(26)36(34,23-13-4-3-5-14-23)29-21-20-22-12-6-7-15-24(22)31(29)32(30)35/h3-21H,2H2,1H3. The fourth-order valence-electron chi connectivity index (χ4n) is 6.11. The highest BCUT2D eigenvalue weighted by Gasteiger charge is 2.48. The van der Waals surface area contributed by atoms with Crippen molar-refractivity contribution in [1.82, 2.24) is 0 Å². The summed E-state index contributed by atoms with van der Waals surface area (Å²) in [6, 6.07) is 38.3. The third kappa shape index (κ3) is 2.69. The van der Waals surface area contributed by atoms with E-state index in [1.54, 1.807) is 0 Å². The van der Waals surface area contributed by atoms with Crippen molar-refractivity contribution >= 4 is 57.2 Å². The lowest BCUT2D eigenvalue weighted by molar-refractivity contribution is 0.588. The van der Waals surface area contributed by atoms with Crippen LogP contribution in [0.25, 0.3) is 21.7 Å². The Labute approximate surface area is 211 Å². The van der Waals surface area contributed by atoms with E-state index >= 15 is 9.13 Å². The van der Waals surface area contributed by atoms with Crippen molar-refractivity contribution in [1.29, 1.82) is 0 Å². The minimum absolute atomic E-state index is 0.517. The number of hydrogen-bond acceptors (Lipinski definition) is 2. The van der Waals surface area contributed by atoms with Crippen molar-refractivity contribution < 1.29 is 9.13 Å². The SMILES string of the molecule is CCP1(=O)C2=C(c3ccccc31)c1ccccc1P(=O)(c1ccccc1)c1ccc3ccccc3c12. The van der Waals surface area contributed by atoms with Gasteiger partial charge >= 0.3 is 0 Å². The highest BCUT2D eigenvalue weighted by molar-refractivity contribution is 7.86. The van der Waals surface area contributed by atoms with Crippen LogP contribution in [0.2, 0.25) is 0 Å². The van der Waals surface area contributed by atoms with Gasteiger partial charge in [0.1, 0.15) is 7.14 Å². The first-order valence-corrected chi connectivity index (χ1v) is 15.9. The molecule has 2 unspecified atom stereocenters. The molecule has 0 aliphatic carbocycles. The highest BCUT2D eigenvalue weighted by atomic mass is 31.2. The van der Waals surface area contributed by atoms with E-state index in [-0.39, 0.29) is 0 Å². The zero-order valence-corrected chi connectivity index (χ0v) is 21.7. The summed E-state index contributed by atoms with van der Waals surface area (Å²) in [5.41, 5.74) is 3.81. The van der Waals surface area contributed by atoms with Gasteiger partial charge in [0, 0.05) is 43.8 Å². The number of benzene rings is 5. The van der Waals surface area contributed by atoms with E-state index in [4.69, 9.17) is 0 Å². The van der Waals surface area contributed by atoms with E-state index in [9.17, 15) is 0 Å². The summed E-state index contributed by atoms with van der Waals surface area (Å²) in [5.74, 6) is 0. The third-order valence-corrected chi connectivity index (χ3v) is 14.1. The molecule has 5 aromatic carbocycles. The summed E-state index contributed by atoms with van der Waals surface area (Å²) in [4.78, 5) is 0. The van der Waals surface area contributed by atoms with Crippen LogP contribution in [0.3, 0.4) is 0 Å². The van der Waals surface area contributed by atoms with E-state index in [1.165, 1.54) is 0 Å². The maximum absolute atomic E-state index is 15.7. The van der Waals surface area contributed by atoms with Crippen LogP contribution in [0.1, 0.15) is 23.6 Å². The molecule has 2 aliphatic rings. The molecule has 36 heavy (non-hydrogen) atoms. The van der Waals surface area contributed by atoms with Gasteiger partial charge in [-0.1, -0.05) is 116 Å². The van der Waals surface area contributed by atoms with Crippen LogP contribution in [0, 0.1) is 0 Å². The molecule has 7 rings (SSSR count). The predicted octanol–water partition coefficient (Wildman–Crippen LogP) is 6.73. The van der Waals surface area contributed by atoms with Crippen molar-refractivity contribution in [2.45, 2.75) is 6.92 Å². The van der Waals surface area contributed by atoms with Crippen LogP contribution in [0.4, 0.5) is 0 Å². The molecule has 0 N–H and O–H groups in total. The maximum Gasteiger partial charge on any atom is 0.172 e. The normalized spacial score (nSPS) is 21.9. The molecule has 0 bridgehead atoms. The summed E-state index contributed by atoms with van der Waals surface area (Å²) in [6.45, 7) is 2.02. The molecule has 2 aliphatic heterocycles. The van der Waals surface area contributed by atoms with Crippen LogP contribution in [-0.4, -0.2) is 6.16 Å². The van der Waals surface area contributed by atoms with Crippen LogP contribution >= 0.6 is 14.3 Å². The van der Waals surface area contributed by atoms with Crippen LogP contribution in [-0.2, 0) is 9.13 Å². The van der Waals surface area contributed by atoms with Crippen LogP contribution < -0.4 is 21.2 Å². The quantitative estimate of drug-likeness (QED) is 0.251. The molecule has 2 nitrogen and oxygen atoms in total. The lowest BCUT2D eigenvalue weighted by Crippen LogP contribution is -2.28. The Morgan fingerprint density at radius 2 is 1.19 bits per heavy atom. The predicted molar refractivity (Wildman–Crippen MR) is 153 cm³/mol. The molecule has 0 saturated heterocycles. The van der Waals surface area contributed by atoms with Gasteiger partial charge in [-0.3, -0.25) is 0 Å². The van der Waals surface area contributed by atoms with E-state index in [0.29, 0.717) is 6.16 Å². The van der Waals surface area contributed by atoms with Gasteiger partial charge in [0.05, 0.1) is 0 Å². The zero-order chi connectivity index (χ0) is 24.5.